The Hall–Kier alpha value is -8.49. The maximum absolute atomic E-state index is 14.0. The van der Waals surface area contributed by atoms with Crippen molar-refractivity contribution in [1.29, 1.82) is 0 Å². The molecule has 3 heterocycles. The van der Waals surface area contributed by atoms with Gasteiger partial charge in [-0.1, -0.05) is 152 Å². The Balaban J connectivity index is 1.18. The zero-order chi connectivity index (χ0) is 44.8. The van der Waals surface area contributed by atoms with E-state index in [4.69, 9.17) is 19.9 Å². The first-order valence-corrected chi connectivity index (χ1v) is 21.6. The normalized spacial score (nSPS) is 11.6. The number of rotatable bonds is 8. The molecule has 11 rings (SSSR count). The van der Waals surface area contributed by atoms with Gasteiger partial charge in [0.05, 0.1) is 45.1 Å². The molecule has 0 aliphatic carbocycles. The fourth-order valence-corrected chi connectivity index (χ4v) is 8.75. The number of aromatic nitrogens is 5. The van der Waals surface area contributed by atoms with Gasteiger partial charge < -0.3 is 4.57 Å². The average molecular weight is 862 g/mol. The first kappa shape index (κ1) is 40.3. The maximum atomic E-state index is 14.0. The van der Waals surface area contributed by atoms with Crippen molar-refractivity contribution in [3.8, 4) is 84.6 Å². The van der Waals surface area contributed by atoms with Crippen LogP contribution in [0.5, 0.6) is 0 Å². The lowest BCUT2D eigenvalue weighted by Crippen LogP contribution is -2.05. The van der Waals surface area contributed by atoms with Crippen molar-refractivity contribution in [2.75, 3.05) is 0 Å². The molecule has 0 bridgehead atoms. The van der Waals surface area contributed by atoms with E-state index in [2.05, 4.69) is 34.9 Å². The van der Waals surface area contributed by atoms with Crippen LogP contribution in [0.3, 0.4) is 0 Å². The maximum Gasteiger partial charge on any atom is 0.416 e. The van der Waals surface area contributed by atoms with Gasteiger partial charge in [0.25, 0.3) is 0 Å². The molecule has 0 aliphatic rings. The molecule has 5 nitrogen and oxygen atoms in total. The lowest BCUT2D eigenvalue weighted by molar-refractivity contribution is -0.137. The van der Waals surface area contributed by atoms with Gasteiger partial charge in [-0.15, -0.1) is 0 Å². The van der Waals surface area contributed by atoms with E-state index in [1.54, 1.807) is 13.0 Å². The van der Waals surface area contributed by atoms with E-state index in [1.165, 1.54) is 12.1 Å². The highest BCUT2D eigenvalue weighted by molar-refractivity contribution is 6.11. The van der Waals surface area contributed by atoms with Crippen LogP contribution < -0.4 is 0 Å². The molecule has 0 spiro atoms. The van der Waals surface area contributed by atoms with Gasteiger partial charge in [-0.2, -0.15) is 13.2 Å². The predicted molar refractivity (Wildman–Crippen MR) is 260 cm³/mol. The van der Waals surface area contributed by atoms with Crippen LogP contribution in [0.1, 0.15) is 11.1 Å². The largest absolute Gasteiger partial charge is 0.416 e. The van der Waals surface area contributed by atoms with Crippen LogP contribution in [-0.2, 0) is 6.18 Å². The van der Waals surface area contributed by atoms with Gasteiger partial charge in [0.15, 0.2) is 11.6 Å². The number of halogens is 3. The third-order valence-electron chi connectivity index (χ3n) is 11.9. The highest BCUT2D eigenvalue weighted by Gasteiger charge is 2.31. The third kappa shape index (κ3) is 7.68. The lowest BCUT2D eigenvalue weighted by atomic mass is 9.98. The molecule has 316 valence electrons. The third-order valence-corrected chi connectivity index (χ3v) is 11.9. The van der Waals surface area contributed by atoms with Gasteiger partial charge in [0.1, 0.15) is 0 Å². The van der Waals surface area contributed by atoms with E-state index in [0.717, 1.165) is 78.0 Å². The van der Waals surface area contributed by atoms with E-state index < -0.39 is 11.7 Å². The summed E-state index contributed by atoms with van der Waals surface area (Å²) in [5.74, 6) is 1.12. The van der Waals surface area contributed by atoms with Crippen LogP contribution in [0.25, 0.3) is 106 Å². The zero-order valence-corrected chi connectivity index (χ0v) is 35.6. The standard InChI is InChI=1S/C58H38F3N5/c1-37-30-44(32-45(31-37)58(59,60)61)42-26-28-54-47(33-42)46-24-14-15-25-53(46)66(54)55-29-27-43(57-63-49(38-16-6-2-7-17-38)35-50(64-57)39-18-8-3-9-19-39)34-48(55)52-36-51(40-20-10-4-11-21-40)62-56(65-52)41-22-12-5-13-23-41/h2-36H,1H3. The number of hydrogen-bond donors (Lipinski definition) is 0. The molecule has 0 fully saturated rings. The molecule has 0 radical (unpaired) electrons. The molecular formula is C58H38F3N5. The molecule has 8 heteroatoms. The average Bonchev–Trinajstić information content (AvgIpc) is 3.70. The predicted octanol–water partition coefficient (Wildman–Crippen LogP) is 15.4. The van der Waals surface area contributed by atoms with Crippen LogP contribution in [0, 0.1) is 6.92 Å². The molecule has 8 aromatic carbocycles. The molecule has 0 atom stereocenters. The summed E-state index contributed by atoms with van der Waals surface area (Å²) in [6, 6.07) is 68.8. The summed E-state index contributed by atoms with van der Waals surface area (Å²) in [6.07, 6.45) is -4.47. The summed E-state index contributed by atoms with van der Waals surface area (Å²) >= 11 is 0. The summed E-state index contributed by atoms with van der Waals surface area (Å²) < 4.78 is 44.4. The number of benzene rings is 8. The van der Waals surface area contributed by atoms with Gasteiger partial charge in [-0.05, 0) is 84.3 Å². The molecule has 0 saturated carbocycles. The van der Waals surface area contributed by atoms with E-state index in [-0.39, 0.29) is 0 Å². The highest BCUT2D eigenvalue weighted by Crippen LogP contribution is 2.41. The van der Waals surface area contributed by atoms with Crippen LogP contribution >= 0.6 is 0 Å². The molecule has 0 amide bonds. The number of fused-ring (bicyclic) bond motifs is 3. The zero-order valence-electron chi connectivity index (χ0n) is 35.6. The fraction of sp³-hybridized carbons (Fsp3) is 0.0345. The molecule has 11 aromatic rings. The van der Waals surface area contributed by atoms with Crippen molar-refractivity contribution < 1.29 is 13.2 Å². The van der Waals surface area contributed by atoms with Crippen molar-refractivity contribution in [3.63, 3.8) is 0 Å². The first-order valence-electron chi connectivity index (χ1n) is 21.6. The van der Waals surface area contributed by atoms with Gasteiger partial charge >= 0.3 is 6.18 Å². The van der Waals surface area contributed by atoms with Crippen molar-refractivity contribution in [2.45, 2.75) is 13.1 Å². The Morgan fingerprint density at radius 2 is 0.848 bits per heavy atom. The molecule has 0 N–H and O–H groups in total. The van der Waals surface area contributed by atoms with Gasteiger partial charge in [0, 0.05) is 44.2 Å². The van der Waals surface area contributed by atoms with Crippen LogP contribution in [0.15, 0.2) is 212 Å². The molecular weight excluding hydrogens is 824 g/mol. The van der Waals surface area contributed by atoms with Crippen molar-refractivity contribution in [1.82, 2.24) is 24.5 Å². The Morgan fingerprint density at radius 3 is 1.44 bits per heavy atom. The van der Waals surface area contributed by atoms with Crippen molar-refractivity contribution in [3.05, 3.63) is 223 Å². The Bertz CT molecular complexity index is 3460. The molecule has 0 aliphatic heterocycles. The fourth-order valence-electron chi connectivity index (χ4n) is 8.75. The van der Waals surface area contributed by atoms with Crippen molar-refractivity contribution >= 4 is 21.8 Å². The van der Waals surface area contributed by atoms with E-state index in [9.17, 15) is 13.2 Å². The second-order valence-corrected chi connectivity index (χ2v) is 16.3. The monoisotopic (exact) mass is 861 g/mol. The molecule has 3 aromatic heterocycles. The minimum atomic E-state index is -4.47. The molecule has 0 unspecified atom stereocenters. The number of alkyl halides is 3. The quantitative estimate of drug-likeness (QED) is 0.153. The summed E-state index contributed by atoms with van der Waals surface area (Å²) in [4.78, 5) is 20.8. The van der Waals surface area contributed by atoms with E-state index in [0.29, 0.717) is 34.0 Å². The summed E-state index contributed by atoms with van der Waals surface area (Å²) in [7, 11) is 0. The second-order valence-electron chi connectivity index (χ2n) is 16.3. The van der Waals surface area contributed by atoms with Crippen LogP contribution in [-0.4, -0.2) is 24.5 Å². The van der Waals surface area contributed by atoms with Crippen LogP contribution in [0.4, 0.5) is 13.2 Å². The van der Waals surface area contributed by atoms with E-state index in [1.807, 2.05) is 164 Å². The van der Waals surface area contributed by atoms with Gasteiger partial charge in [-0.25, -0.2) is 19.9 Å². The van der Waals surface area contributed by atoms with Crippen molar-refractivity contribution in [2.24, 2.45) is 0 Å². The summed E-state index contributed by atoms with van der Waals surface area (Å²) in [6.45, 7) is 1.69. The molecule has 0 saturated heterocycles. The number of hydrogen-bond acceptors (Lipinski definition) is 4. The number of nitrogens with zero attached hydrogens (tertiary/aromatic N) is 5. The summed E-state index contributed by atoms with van der Waals surface area (Å²) in [5.41, 5.74) is 12.1. The SMILES string of the molecule is Cc1cc(-c2ccc3c(c2)c2ccccc2n3-c2ccc(-c3nc(-c4ccccc4)cc(-c4ccccc4)n3)cc2-c2cc(-c3ccccc3)nc(-c3ccccc3)n2)cc(C(F)(F)F)c1. The Morgan fingerprint density at radius 1 is 0.364 bits per heavy atom. The minimum absolute atomic E-state index is 0.501. The number of aryl methyl sites for hydroxylation is 1. The van der Waals surface area contributed by atoms with Gasteiger partial charge in [0.2, 0.25) is 0 Å². The second kappa shape index (κ2) is 16.6. The van der Waals surface area contributed by atoms with Crippen LogP contribution in [0.2, 0.25) is 0 Å². The minimum Gasteiger partial charge on any atom is -0.309 e. The smallest absolute Gasteiger partial charge is 0.309 e. The summed E-state index contributed by atoms with van der Waals surface area (Å²) in [5, 5.41) is 1.86. The van der Waals surface area contributed by atoms with E-state index >= 15 is 0 Å². The number of para-hydroxylation sites is 1. The Labute approximate surface area is 379 Å². The Kier molecular flexibility index (Phi) is 10.1. The lowest BCUT2D eigenvalue weighted by Gasteiger charge is -2.17. The topological polar surface area (TPSA) is 56.5 Å². The first-order chi connectivity index (χ1) is 32.2. The van der Waals surface area contributed by atoms with Gasteiger partial charge in [-0.3, -0.25) is 0 Å². The highest BCUT2D eigenvalue weighted by atomic mass is 19.4. The molecule has 66 heavy (non-hydrogen) atoms.